The van der Waals surface area contributed by atoms with Gasteiger partial charge in [-0.2, -0.15) is 0 Å². The Morgan fingerprint density at radius 2 is 2.12 bits per heavy atom. The molecule has 1 aliphatic carbocycles. The first-order valence-corrected chi connectivity index (χ1v) is 5.99. The molecular formula is C13H15ClO2. The van der Waals surface area contributed by atoms with Crippen LogP contribution in [0.5, 0.6) is 0 Å². The molecule has 16 heavy (non-hydrogen) atoms. The number of carboxylic acids is 1. The van der Waals surface area contributed by atoms with Gasteiger partial charge in [0.2, 0.25) is 0 Å². The quantitative estimate of drug-likeness (QED) is 0.876. The first-order chi connectivity index (χ1) is 7.58. The molecule has 86 valence electrons. The first-order valence-electron chi connectivity index (χ1n) is 5.62. The molecule has 1 N–H and O–H groups in total. The van der Waals surface area contributed by atoms with E-state index in [0.29, 0.717) is 5.02 Å². The second-order valence-corrected chi connectivity index (χ2v) is 4.88. The lowest BCUT2D eigenvalue weighted by Crippen LogP contribution is -2.42. The standard InChI is InChI=1S/C13H15ClO2/c1-2-9-6-10(8-11(14)7-9)13(12(15)16)4-3-5-13/h6-8H,2-5H2,1H3,(H,15,16). The molecule has 1 fully saturated rings. The Morgan fingerprint density at radius 1 is 1.44 bits per heavy atom. The van der Waals surface area contributed by atoms with Crippen molar-refractivity contribution in [2.45, 2.75) is 38.0 Å². The zero-order chi connectivity index (χ0) is 11.8. The monoisotopic (exact) mass is 238 g/mol. The molecular weight excluding hydrogens is 224 g/mol. The molecule has 0 amide bonds. The fraction of sp³-hybridized carbons (Fsp3) is 0.462. The maximum atomic E-state index is 11.4. The molecule has 2 nitrogen and oxygen atoms in total. The van der Waals surface area contributed by atoms with Crippen molar-refractivity contribution in [2.75, 3.05) is 0 Å². The lowest BCUT2D eigenvalue weighted by molar-refractivity contribution is -0.147. The van der Waals surface area contributed by atoms with Crippen LogP contribution in [0, 0.1) is 0 Å². The molecule has 0 heterocycles. The maximum absolute atomic E-state index is 11.4. The van der Waals surface area contributed by atoms with E-state index in [4.69, 9.17) is 11.6 Å². The highest BCUT2D eigenvalue weighted by Crippen LogP contribution is 2.44. The van der Waals surface area contributed by atoms with Gasteiger partial charge in [-0.05, 0) is 42.5 Å². The SMILES string of the molecule is CCc1cc(Cl)cc(C2(C(=O)O)CCC2)c1. The smallest absolute Gasteiger partial charge is 0.314 e. The fourth-order valence-electron chi connectivity index (χ4n) is 2.29. The number of aliphatic carboxylic acids is 1. The minimum atomic E-state index is -0.719. The van der Waals surface area contributed by atoms with E-state index in [1.54, 1.807) is 6.07 Å². The molecule has 0 unspecified atom stereocenters. The summed E-state index contributed by atoms with van der Waals surface area (Å²) < 4.78 is 0. The fourth-order valence-corrected chi connectivity index (χ4v) is 2.54. The van der Waals surface area contributed by atoms with E-state index >= 15 is 0 Å². The van der Waals surface area contributed by atoms with E-state index < -0.39 is 11.4 Å². The summed E-state index contributed by atoms with van der Waals surface area (Å²) >= 11 is 6.03. The molecule has 2 rings (SSSR count). The summed E-state index contributed by atoms with van der Waals surface area (Å²) in [4.78, 5) is 11.4. The van der Waals surface area contributed by atoms with Gasteiger partial charge in [0.15, 0.2) is 0 Å². The number of hydrogen-bond acceptors (Lipinski definition) is 1. The van der Waals surface area contributed by atoms with E-state index in [9.17, 15) is 9.90 Å². The Bertz CT molecular complexity index is 422. The molecule has 0 aliphatic heterocycles. The minimum Gasteiger partial charge on any atom is -0.481 e. The lowest BCUT2D eigenvalue weighted by atomic mass is 9.64. The molecule has 1 saturated carbocycles. The van der Waals surface area contributed by atoms with Crippen LogP contribution in [0.1, 0.15) is 37.3 Å². The Kier molecular flexibility index (Phi) is 2.94. The van der Waals surface area contributed by atoms with E-state index in [2.05, 4.69) is 0 Å². The molecule has 0 bridgehead atoms. The van der Waals surface area contributed by atoms with Gasteiger partial charge < -0.3 is 5.11 Å². The van der Waals surface area contributed by atoms with Gasteiger partial charge in [-0.25, -0.2) is 0 Å². The summed E-state index contributed by atoms with van der Waals surface area (Å²) in [6.07, 6.45) is 3.32. The predicted octanol–water partition coefficient (Wildman–Crippen LogP) is 3.41. The van der Waals surface area contributed by atoms with E-state index in [0.717, 1.165) is 36.8 Å². The zero-order valence-electron chi connectivity index (χ0n) is 9.29. The summed E-state index contributed by atoms with van der Waals surface area (Å²) in [7, 11) is 0. The van der Waals surface area contributed by atoms with Gasteiger partial charge in [0.05, 0.1) is 5.41 Å². The Labute approximate surface area is 100 Å². The zero-order valence-corrected chi connectivity index (χ0v) is 10.0. The molecule has 0 saturated heterocycles. The molecule has 0 atom stereocenters. The number of halogens is 1. The molecule has 1 aromatic rings. The van der Waals surface area contributed by atoms with Crippen molar-refractivity contribution in [3.63, 3.8) is 0 Å². The maximum Gasteiger partial charge on any atom is 0.314 e. The van der Waals surface area contributed by atoms with Gasteiger partial charge in [-0.15, -0.1) is 0 Å². The van der Waals surface area contributed by atoms with Gasteiger partial charge in [-0.1, -0.05) is 31.0 Å². The highest BCUT2D eigenvalue weighted by molar-refractivity contribution is 6.30. The Balaban J connectivity index is 2.46. The minimum absolute atomic E-state index is 0.641. The van der Waals surface area contributed by atoms with Crippen LogP contribution in [0.3, 0.4) is 0 Å². The molecule has 0 radical (unpaired) electrons. The van der Waals surface area contributed by atoms with Crippen LogP contribution in [0.15, 0.2) is 18.2 Å². The Morgan fingerprint density at radius 3 is 2.56 bits per heavy atom. The summed E-state index contributed by atoms with van der Waals surface area (Å²) in [5, 5.41) is 9.99. The van der Waals surface area contributed by atoms with E-state index in [-0.39, 0.29) is 0 Å². The van der Waals surface area contributed by atoms with Crippen LogP contribution in [-0.4, -0.2) is 11.1 Å². The van der Waals surface area contributed by atoms with Crippen LogP contribution in [0.25, 0.3) is 0 Å². The molecule has 1 aliphatic rings. The molecule has 1 aromatic carbocycles. The third kappa shape index (κ3) is 1.71. The third-order valence-electron chi connectivity index (χ3n) is 3.53. The van der Waals surface area contributed by atoms with Crippen LogP contribution in [0.4, 0.5) is 0 Å². The number of rotatable bonds is 3. The molecule has 0 aromatic heterocycles. The van der Waals surface area contributed by atoms with Crippen molar-refractivity contribution < 1.29 is 9.90 Å². The summed E-state index contributed by atoms with van der Waals surface area (Å²) in [5.41, 5.74) is 1.31. The van der Waals surface area contributed by atoms with Crippen molar-refractivity contribution in [1.82, 2.24) is 0 Å². The largest absolute Gasteiger partial charge is 0.481 e. The highest BCUT2D eigenvalue weighted by atomic mass is 35.5. The number of aryl methyl sites for hydroxylation is 1. The van der Waals surface area contributed by atoms with Gasteiger partial charge in [0, 0.05) is 5.02 Å². The predicted molar refractivity (Wildman–Crippen MR) is 64.0 cm³/mol. The van der Waals surface area contributed by atoms with Crippen molar-refractivity contribution in [1.29, 1.82) is 0 Å². The van der Waals surface area contributed by atoms with Gasteiger partial charge in [-0.3, -0.25) is 4.79 Å². The average molecular weight is 239 g/mol. The van der Waals surface area contributed by atoms with Crippen LogP contribution >= 0.6 is 11.6 Å². The van der Waals surface area contributed by atoms with Crippen molar-refractivity contribution in [2.24, 2.45) is 0 Å². The number of carbonyl (C=O) groups is 1. The van der Waals surface area contributed by atoms with Crippen LogP contribution in [0.2, 0.25) is 5.02 Å². The van der Waals surface area contributed by atoms with Gasteiger partial charge in [0.25, 0.3) is 0 Å². The summed E-state index contributed by atoms with van der Waals surface area (Å²) in [6, 6.07) is 5.69. The average Bonchev–Trinajstić information content (AvgIpc) is 2.14. The van der Waals surface area contributed by atoms with E-state index in [1.807, 2.05) is 19.1 Å². The van der Waals surface area contributed by atoms with Crippen molar-refractivity contribution in [3.8, 4) is 0 Å². The molecule has 0 spiro atoms. The summed E-state index contributed by atoms with van der Waals surface area (Å²) in [6.45, 7) is 2.05. The van der Waals surface area contributed by atoms with Crippen LogP contribution < -0.4 is 0 Å². The number of benzene rings is 1. The Hall–Kier alpha value is -1.02. The number of carboxylic acid groups (broad SMARTS) is 1. The van der Waals surface area contributed by atoms with Crippen molar-refractivity contribution >= 4 is 17.6 Å². The second-order valence-electron chi connectivity index (χ2n) is 4.44. The third-order valence-corrected chi connectivity index (χ3v) is 3.75. The number of hydrogen-bond donors (Lipinski definition) is 1. The normalized spacial score (nSPS) is 17.9. The summed E-state index contributed by atoms with van der Waals surface area (Å²) in [5.74, 6) is -0.719. The van der Waals surface area contributed by atoms with Gasteiger partial charge in [0.1, 0.15) is 0 Å². The van der Waals surface area contributed by atoms with Gasteiger partial charge >= 0.3 is 5.97 Å². The van der Waals surface area contributed by atoms with Crippen LogP contribution in [-0.2, 0) is 16.6 Å². The second kappa shape index (κ2) is 4.10. The topological polar surface area (TPSA) is 37.3 Å². The molecule has 3 heteroatoms. The van der Waals surface area contributed by atoms with Crippen molar-refractivity contribution in [3.05, 3.63) is 34.3 Å². The van der Waals surface area contributed by atoms with E-state index in [1.165, 1.54) is 0 Å². The highest BCUT2D eigenvalue weighted by Gasteiger charge is 2.46. The lowest BCUT2D eigenvalue weighted by Gasteiger charge is -2.38. The first kappa shape index (κ1) is 11.5.